The normalized spacial score (nSPS) is 12.1. The van der Waals surface area contributed by atoms with Crippen molar-refractivity contribution >= 4 is 17.3 Å². The second kappa shape index (κ2) is 5.77. The maximum atomic E-state index is 10.5. The molecular formula is C11H16N2O2S. The molecule has 0 saturated heterocycles. The maximum absolute atomic E-state index is 10.5. The van der Waals surface area contributed by atoms with Gasteiger partial charge in [0.05, 0.1) is 11.2 Å². The highest BCUT2D eigenvalue weighted by atomic mass is 32.1. The Morgan fingerprint density at radius 2 is 2.38 bits per heavy atom. The monoisotopic (exact) mass is 240 g/mol. The van der Waals surface area contributed by atoms with Crippen LogP contribution >= 0.6 is 11.3 Å². The van der Waals surface area contributed by atoms with Gasteiger partial charge in [0.1, 0.15) is 0 Å². The fraction of sp³-hybridized carbons (Fsp3) is 0.455. The summed E-state index contributed by atoms with van der Waals surface area (Å²) < 4.78 is 0. The van der Waals surface area contributed by atoms with E-state index in [4.69, 9.17) is 5.11 Å². The molecule has 1 aromatic heterocycles. The van der Waals surface area contributed by atoms with Crippen LogP contribution in [0.4, 0.5) is 0 Å². The standard InChI is InChI=1S/C11H16N2O2S/c1-8(4-11(14)15)5-13(3)6-10-9(2)12-7-16-10/h4,7H,5-6H2,1-3H3,(H,14,15). The molecule has 4 nitrogen and oxygen atoms in total. The molecule has 5 heteroatoms. The number of aliphatic carboxylic acids is 1. The highest BCUT2D eigenvalue weighted by molar-refractivity contribution is 7.09. The van der Waals surface area contributed by atoms with E-state index in [0.717, 1.165) is 17.8 Å². The van der Waals surface area contributed by atoms with Gasteiger partial charge in [0.25, 0.3) is 0 Å². The molecule has 0 aliphatic heterocycles. The average Bonchev–Trinajstić information content (AvgIpc) is 2.49. The van der Waals surface area contributed by atoms with E-state index in [0.29, 0.717) is 6.54 Å². The molecule has 0 amide bonds. The van der Waals surface area contributed by atoms with E-state index in [-0.39, 0.29) is 0 Å². The second-order valence-corrected chi connectivity index (χ2v) is 4.80. The van der Waals surface area contributed by atoms with Crippen molar-refractivity contribution in [2.45, 2.75) is 20.4 Å². The zero-order chi connectivity index (χ0) is 12.1. The fourth-order valence-electron chi connectivity index (χ4n) is 1.46. The Hall–Kier alpha value is -1.20. The largest absolute Gasteiger partial charge is 0.478 e. The van der Waals surface area contributed by atoms with Gasteiger partial charge in [-0.15, -0.1) is 11.3 Å². The molecule has 1 N–H and O–H groups in total. The Morgan fingerprint density at radius 1 is 1.69 bits per heavy atom. The van der Waals surface area contributed by atoms with Crippen LogP contribution < -0.4 is 0 Å². The van der Waals surface area contributed by atoms with Crippen LogP contribution in [0.25, 0.3) is 0 Å². The predicted molar refractivity (Wildman–Crippen MR) is 64.6 cm³/mol. The third-order valence-electron chi connectivity index (χ3n) is 2.15. The molecule has 0 atom stereocenters. The lowest BCUT2D eigenvalue weighted by Crippen LogP contribution is -2.20. The molecule has 1 rings (SSSR count). The summed E-state index contributed by atoms with van der Waals surface area (Å²) in [6.45, 7) is 5.27. The number of carboxylic acid groups (broad SMARTS) is 1. The first kappa shape index (κ1) is 12.9. The van der Waals surface area contributed by atoms with Crippen LogP contribution in [0.2, 0.25) is 0 Å². The molecule has 88 valence electrons. The zero-order valence-corrected chi connectivity index (χ0v) is 10.5. The van der Waals surface area contributed by atoms with Gasteiger partial charge in [-0.2, -0.15) is 0 Å². The minimum absolute atomic E-state index is 0.656. The third-order valence-corrected chi connectivity index (χ3v) is 3.07. The molecule has 0 radical (unpaired) electrons. The van der Waals surface area contributed by atoms with E-state index >= 15 is 0 Å². The van der Waals surface area contributed by atoms with Gasteiger partial charge in [0.15, 0.2) is 0 Å². The van der Waals surface area contributed by atoms with Gasteiger partial charge < -0.3 is 5.11 Å². The highest BCUT2D eigenvalue weighted by Gasteiger charge is 2.06. The van der Waals surface area contributed by atoms with Gasteiger partial charge in [-0.3, -0.25) is 4.90 Å². The molecule has 0 aliphatic rings. The topological polar surface area (TPSA) is 53.4 Å². The number of aromatic nitrogens is 1. The van der Waals surface area contributed by atoms with Gasteiger partial charge in [0, 0.05) is 24.0 Å². The molecule has 1 heterocycles. The fourth-order valence-corrected chi connectivity index (χ4v) is 2.32. The first-order valence-corrected chi connectivity index (χ1v) is 5.84. The van der Waals surface area contributed by atoms with Crippen LogP contribution in [-0.4, -0.2) is 34.6 Å². The van der Waals surface area contributed by atoms with Gasteiger partial charge in [-0.05, 0) is 20.9 Å². The molecule has 0 unspecified atom stereocenters. The summed E-state index contributed by atoms with van der Waals surface area (Å²) in [7, 11) is 1.97. The number of rotatable bonds is 5. The first-order valence-electron chi connectivity index (χ1n) is 4.96. The van der Waals surface area contributed by atoms with Crippen molar-refractivity contribution in [2.24, 2.45) is 0 Å². The van der Waals surface area contributed by atoms with Crippen LogP contribution in [0.1, 0.15) is 17.5 Å². The number of carbonyl (C=O) groups is 1. The van der Waals surface area contributed by atoms with Crippen LogP contribution in [0, 0.1) is 6.92 Å². The molecule has 0 saturated carbocycles. The van der Waals surface area contributed by atoms with Crippen molar-refractivity contribution in [2.75, 3.05) is 13.6 Å². The Morgan fingerprint density at radius 3 is 2.88 bits per heavy atom. The number of thiazole rings is 1. The molecule has 0 bridgehead atoms. The third kappa shape index (κ3) is 4.12. The molecule has 1 aromatic rings. The summed E-state index contributed by atoms with van der Waals surface area (Å²) in [5, 5.41) is 8.59. The SMILES string of the molecule is CC(=CC(=O)O)CN(C)Cc1scnc1C. The Balaban J connectivity index is 2.51. The summed E-state index contributed by atoms with van der Waals surface area (Å²) in [6.07, 6.45) is 1.25. The van der Waals surface area contributed by atoms with E-state index < -0.39 is 5.97 Å². The molecule has 0 spiro atoms. The predicted octanol–water partition coefficient (Wildman–Crippen LogP) is 1.91. The molecule has 0 fully saturated rings. The minimum Gasteiger partial charge on any atom is -0.478 e. The molecule has 0 aromatic carbocycles. The van der Waals surface area contributed by atoms with Crippen molar-refractivity contribution in [3.05, 3.63) is 27.7 Å². The lowest BCUT2D eigenvalue weighted by Gasteiger charge is -2.15. The summed E-state index contributed by atoms with van der Waals surface area (Å²) in [5.74, 6) is -0.889. The van der Waals surface area contributed by atoms with E-state index in [1.807, 2.05) is 26.4 Å². The van der Waals surface area contributed by atoms with Gasteiger partial charge >= 0.3 is 5.97 Å². The van der Waals surface area contributed by atoms with E-state index in [2.05, 4.69) is 9.88 Å². The average molecular weight is 240 g/mol. The zero-order valence-electron chi connectivity index (χ0n) is 9.73. The lowest BCUT2D eigenvalue weighted by atomic mass is 10.2. The number of hydrogen-bond acceptors (Lipinski definition) is 4. The van der Waals surface area contributed by atoms with Gasteiger partial charge in [-0.25, -0.2) is 9.78 Å². The van der Waals surface area contributed by atoms with Crippen LogP contribution in [0.3, 0.4) is 0 Å². The maximum Gasteiger partial charge on any atom is 0.328 e. The van der Waals surface area contributed by atoms with Crippen LogP contribution in [0.15, 0.2) is 17.2 Å². The smallest absolute Gasteiger partial charge is 0.328 e. The number of nitrogens with zero attached hydrogens (tertiary/aromatic N) is 2. The van der Waals surface area contributed by atoms with Crippen LogP contribution in [0.5, 0.6) is 0 Å². The number of hydrogen-bond donors (Lipinski definition) is 1. The summed E-state index contributed by atoms with van der Waals surface area (Å²) in [6, 6.07) is 0. The van der Waals surface area contributed by atoms with Gasteiger partial charge in [0.2, 0.25) is 0 Å². The lowest BCUT2D eigenvalue weighted by molar-refractivity contribution is -0.131. The summed E-state index contributed by atoms with van der Waals surface area (Å²) in [4.78, 5) is 17.9. The van der Waals surface area contributed by atoms with Crippen molar-refractivity contribution in [3.63, 3.8) is 0 Å². The highest BCUT2D eigenvalue weighted by Crippen LogP contribution is 2.14. The second-order valence-electron chi connectivity index (χ2n) is 3.86. The Kier molecular flexibility index (Phi) is 4.64. The Labute approximate surface area is 99.2 Å². The van der Waals surface area contributed by atoms with E-state index in [1.54, 1.807) is 11.3 Å². The number of carboxylic acids is 1. The van der Waals surface area contributed by atoms with Crippen molar-refractivity contribution in [1.82, 2.24) is 9.88 Å². The van der Waals surface area contributed by atoms with Gasteiger partial charge in [-0.1, -0.05) is 5.57 Å². The Bertz CT molecular complexity index is 398. The molecular weight excluding hydrogens is 224 g/mol. The quantitative estimate of drug-likeness (QED) is 0.799. The summed E-state index contributed by atoms with van der Waals surface area (Å²) >= 11 is 1.63. The molecule has 0 aliphatic carbocycles. The van der Waals surface area contributed by atoms with Crippen molar-refractivity contribution in [3.8, 4) is 0 Å². The van der Waals surface area contributed by atoms with Crippen molar-refractivity contribution < 1.29 is 9.90 Å². The summed E-state index contributed by atoms with van der Waals surface area (Å²) in [5.41, 5.74) is 3.73. The van der Waals surface area contributed by atoms with E-state index in [9.17, 15) is 4.79 Å². The van der Waals surface area contributed by atoms with E-state index in [1.165, 1.54) is 11.0 Å². The first-order chi connectivity index (χ1) is 7.49. The number of aryl methyl sites for hydroxylation is 1. The molecule has 16 heavy (non-hydrogen) atoms. The van der Waals surface area contributed by atoms with Crippen LogP contribution in [-0.2, 0) is 11.3 Å². The van der Waals surface area contributed by atoms with Crippen molar-refractivity contribution in [1.29, 1.82) is 0 Å². The number of likely N-dealkylation sites (N-methyl/N-ethyl adjacent to an activating group) is 1. The minimum atomic E-state index is -0.889.